The molecular formula is C11H16N2O5S. The Hall–Kier alpha value is -1.54. The predicted molar refractivity (Wildman–Crippen MR) is 74.0 cm³/mol. The number of ether oxygens (including phenoxy) is 1. The van der Waals surface area contributed by atoms with E-state index in [1.807, 2.05) is 6.26 Å². The van der Waals surface area contributed by atoms with Gasteiger partial charge >= 0.3 is 5.97 Å². The molecule has 7 nitrogen and oxygen atoms in total. The van der Waals surface area contributed by atoms with Gasteiger partial charge in [-0.2, -0.15) is 11.8 Å². The number of nitrogens with one attached hydrogen (secondary N) is 1. The van der Waals surface area contributed by atoms with Crippen LogP contribution in [0.15, 0.2) is 9.59 Å². The summed E-state index contributed by atoms with van der Waals surface area (Å²) in [7, 11) is 2.48. The number of hydroxylamine groups is 1. The molecule has 0 bridgehead atoms. The first-order chi connectivity index (χ1) is 8.93. The van der Waals surface area contributed by atoms with Gasteiger partial charge in [-0.05, 0) is 18.4 Å². The average Bonchev–Trinajstić information content (AvgIpc) is 2.39. The van der Waals surface area contributed by atoms with E-state index in [2.05, 4.69) is 10.1 Å². The molecule has 0 fully saturated rings. The SMILES string of the molecule is COC(=O)[C@H](CCSC)Nc1c(N(C)O)c(=O)c1=O. The molecule has 106 valence electrons. The van der Waals surface area contributed by atoms with Crippen LogP contribution in [0.3, 0.4) is 0 Å². The van der Waals surface area contributed by atoms with Crippen molar-refractivity contribution in [2.75, 3.05) is 36.5 Å². The quantitative estimate of drug-likeness (QED) is 0.405. The minimum atomic E-state index is -0.777. The maximum Gasteiger partial charge on any atom is 0.328 e. The molecule has 8 heteroatoms. The molecule has 0 aliphatic carbocycles. The predicted octanol–water partition coefficient (Wildman–Crippen LogP) is -0.185. The average molecular weight is 288 g/mol. The fourth-order valence-electron chi connectivity index (χ4n) is 1.62. The summed E-state index contributed by atoms with van der Waals surface area (Å²) in [5.41, 5.74) is -1.70. The molecule has 0 aromatic heterocycles. The molecular weight excluding hydrogens is 272 g/mol. The summed E-state index contributed by atoms with van der Waals surface area (Å²) in [5, 5.41) is 12.5. The Morgan fingerprint density at radius 2 is 2.11 bits per heavy atom. The second-order valence-corrected chi connectivity index (χ2v) is 4.89. The molecule has 1 aromatic rings. The van der Waals surface area contributed by atoms with Crippen LogP contribution >= 0.6 is 11.8 Å². The van der Waals surface area contributed by atoms with Crippen LogP contribution in [0, 0.1) is 0 Å². The number of nitrogens with zero attached hydrogens (tertiary/aromatic N) is 1. The van der Waals surface area contributed by atoms with E-state index in [4.69, 9.17) is 0 Å². The van der Waals surface area contributed by atoms with Crippen LogP contribution in [0.5, 0.6) is 0 Å². The number of carbonyl (C=O) groups excluding carboxylic acids is 1. The number of esters is 1. The number of carbonyl (C=O) groups is 1. The van der Waals surface area contributed by atoms with E-state index in [1.54, 1.807) is 11.8 Å². The first-order valence-electron chi connectivity index (χ1n) is 5.53. The lowest BCUT2D eigenvalue weighted by Gasteiger charge is -2.22. The Balaban J connectivity index is 2.91. The van der Waals surface area contributed by atoms with E-state index >= 15 is 0 Å². The van der Waals surface area contributed by atoms with Crippen molar-refractivity contribution in [2.45, 2.75) is 12.5 Å². The maximum atomic E-state index is 11.6. The first kappa shape index (κ1) is 15.5. The van der Waals surface area contributed by atoms with Crippen LogP contribution in [-0.4, -0.2) is 43.4 Å². The molecule has 1 rings (SSSR count). The van der Waals surface area contributed by atoms with Crippen molar-refractivity contribution in [2.24, 2.45) is 0 Å². The van der Waals surface area contributed by atoms with Gasteiger partial charge in [0.25, 0.3) is 10.9 Å². The van der Waals surface area contributed by atoms with Gasteiger partial charge in [0.1, 0.15) is 17.4 Å². The zero-order valence-corrected chi connectivity index (χ0v) is 11.7. The zero-order chi connectivity index (χ0) is 14.6. The highest BCUT2D eigenvalue weighted by molar-refractivity contribution is 7.98. The summed E-state index contributed by atoms with van der Waals surface area (Å²) in [6.07, 6.45) is 2.33. The lowest BCUT2D eigenvalue weighted by molar-refractivity contribution is -0.141. The number of anilines is 2. The van der Waals surface area contributed by atoms with E-state index in [0.29, 0.717) is 17.2 Å². The molecule has 0 saturated heterocycles. The molecule has 0 unspecified atom stereocenters. The van der Waals surface area contributed by atoms with Gasteiger partial charge in [-0.3, -0.25) is 19.9 Å². The van der Waals surface area contributed by atoms with Crippen molar-refractivity contribution >= 4 is 29.1 Å². The van der Waals surface area contributed by atoms with E-state index < -0.39 is 22.9 Å². The largest absolute Gasteiger partial charge is 0.467 e. The van der Waals surface area contributed by atoms with Crippen molar-refractivity contribution in [1.29, 1.82) is 0 Å². The fraction of sp³-hybridized carbons (Fsp3) is 0.545. The van der Waals surface area contributed by atoms with E-state index in [-0.39, 0.29) is 11.4 Å². The maximum absolute atomic E-state index is 11.6. The molecule has 0 heterocycles. The van der Waals surface area contributed by atoms with Crippen LogP contribution < -0.4 is 21.2 Å². The Morgan fingerprint density at radius 1 is 1.47 bits per heavy atom. The van der Waals surface area contributed by atoms with Crippen LogP contribution in [0.2, 0.25) is 0 Å². The van der Waals surface area contributed by atoms with Gasteiger partial charge in [0, 0.05) is 7.05 Å². The standard InChI is InChI=1S/C11H16N2O5S/c1-13(17)8-7(9(14)10(8)15)12-6(4-5-19-3)11(16)18-2/h6,12,17H,4-5H2,1-3H3/t6-/m0/s1. The second kappa shape index (κ2) is 6.58. The number of rotatable bonds is 7. The summed E-state index contributed by atoms with van der Waals surface area (Å²) in [6.45, 7) is 0. The van der Waals surface area contributed by atoms with Crippen LogP contribution in [-0.2, 0) is 9.53 Å². The molecule has 0 aliphatic rings. The Bertz CT molecular complexity index is 521. The van der Waals surface area contributed by atoms with Crippen molar-refractivity contribution in [3.63, 3.8) is 0 Å². The summed E-state index contributed by atoms with van der Waals surface area (Å²) >= 11 is 1.54. The number of methoxy groups -OCH3 is 1. The summed E-state index contributed by atoms with van der Waals surface area (Å²) in [5.74, 6) is 0.167. The highest BCUT2D eigenvalue weighted by Gasteiger charge is 2.28. The minimum Gasteiger partial charge on any atom is -0.467 e. The summed E-state index contributed by atoms with van der Waals surface area (Å²) in [6, 6.07) is -0.723. The third-order valence-electron chi connectivity index (χ3n) is 2.62. The number of thioether (sulfide) groups is 1. The minimum absolute atomic E-state index is 0.0495. The van der Waals surface area contributed by atoms with Gasteiger partial charge in [0.05, 0.1) is 7.11 Å². The van der Waals surface area contributed by atoms with Crippen LogP contribution in [0.1, 0.15) is 6.42 Å². The first-order valence-corrected chi connectivity index (χ1v) is 6.92. The van der Waals surface area contributed by atoms with Crippen molar-refractivity contribution in [3.05, 3.63) is 20.4 Å². The molecule has 0 saturated carbocycles. The highest BCUT2D eigenvalue weighted by Crippen LogP contribution is 2.19. The lowest BCUT2D eigenvalue weighted by Crippen LogP contribution is -2.44. The molecule has 0 spiro atoms. The molecule has 0 aliphatic heterocycles. The third-order valence-corrected chi connectivity index (χ3v) is 3.27. The van der Waals surface area contributed by atoms with Gasteiger partial charge in [0.2, 0.25) is 0 Å². The van der Waals surface area contributed by atoms with E-state index in [1.165, 1.54) is 14.2 Å². The zero-order valence-electron chi connectivity index (χ0n) is 10.9. The van der Waals surface area contributed by atoms with E-state index in [9.17, 15) is 19.6 Å². The summed E-state index contributed by atoms with van der Waals surface area (Å²) in [4.78, 5) is 34.3. The van der Waals surface area contributed by atoms with Gasteiger partial charge in [-0.25, -0.2) is 4.79 Å². The van der Waals surface area contributed by atoms with Crippen LogP contribution in [0.4, 0.5) is 11.4 Å². The summed E-state index contributed by atoms with van der Waals surface area (Å²) < 4.78 is 4.63. The fourth-order valence-corrected chi connectivity index (χ4v) is 2.09. The number of hydrogen-bond acceptors (Lipinski definition) is 8. The van der Waals surface area contributed by atoms with Crippen molar-refractivity contribution in [1.82, 2.24) is 0 Å². The van der Waals surface area contributed by atoms with Gasteiger partial charge in [0.15, 0.2) is 0 Å². The molecule has 0 radical (unpaired) electrons. The lowest BCUT2D eigenvalue weighted by atomic mass is 10.1. The molecule has 0 amide bonds. The third kappa shape index (κ3) is 3.27. The topological polar surface area (TPSA) is 95.9 Å². The Kier molecular flexibility index (Phi) is 5.37. The molecule has 19 heavy (non-hydrogen) atoms. The van der Waals surface area contributed by atoms with E-state index in [0.717, 1.165) is 0 Å². The molecule has 1 aromatic carbocycles. The molecule has 1 atom stereocenters. The molecule has 2 N–H and O–H groups in total. The normalized spacial score (nSPS) is 12.2. The van der Waals surface area contributed by atoms with Gasteiger partial charge in [-0.15, -0.1) is 0 Å². The van der Waals surface area contributed by atoms with Crippen molar-refractivity contribution in [3.8, 4) is 0 Å². The van der Waals surface area contributed by atoms with Gasteiger partial charge < -0.3 is 10.1 Å². The number of hydrogen-bond donors (Lipinski definition) is 2. The monoisotopic (exact) mass is 288 g/mol. The van der Waals surface area contributed by atoms with Gasteiger partial charge in [-0.1, -0.05) is 0 Å². The highest BCUT2D eigenvalue weighted by atomic mass is 32.2. The Labute approximate surface area is 114 Å². The van der Waals surface area contributed by atoms with Crippen LogP contribution in [0.25, 0.3) is 0 Å². The smallest absolute Gasteiger partial charge is 0.328 e. The second-order valence-electron chi connectivity index (χ2n) is 3.91. The Morgan fingerprint density at radius 3 is 2.58 bits per heavy atom. The van der Waals surface area contributed by atoms with Crippen molar-refractivity contribution < 1.29 is 14.7 Å².